The number of halogens is 1. The molecule has 0 radical (unpaired) electrons. The van der Waals surface area contributed by atoms with Crippen molar-refractivity contribution in [2.24, 2.45) is 0 Å². The Balaban J connectivity index is 1.52. The number of nitrogens with one attached hydrogen (secondary N) is 2. The highest BCUT2D eigenvalue weighted by atomic mass is 32.1. The molecule has 0 unspecified atom stereocenters. The number of anilines is 3. The highest BCUT2D eigenvalue weighted by Crippen LogP contribution is 2.35. The van der Waals surface area contributed by atoms with Crippen LogP contribution in [0.2, 0.25) is 0 Å². The van der Waals surface area contributed by atoms with E-state index >= 15 is 0 Å². The third-order valence-corrected chi connectivity index (χ3v) is 6.04. The molecule has 3 aromatic rings. The monoisotopic (exact) mass is 444 g/mol. The lowest BCUT2D eigenvalue weighted by Gasteiger charge is -2.34. The first-order chi connectivity index (χ1) is 14.9. The van der Waals surface area contributed by atoms with Crippen molar-refractivity contribution in [3.63, 3.8) is 0 Å². The molecule has 1 aliphatic rings. The molecule has 9 nitrogen and oxygen atoms in total. The molecule has 1 aliphatic carbocycles. The van der Waals surface area contributed by atoms with Gasteiger partial charge in [0.1, 0.15) is 16.5 Å². The van der Waals surface area contributed by atoms with Gasteiger partial charge in [0.05, 0.1) is 30.1 Å². The first-order valence-electron chi connectivity index (χ1n) is 9.56. The number of amides is 2. The van der Waals surface area contributed by atoms with Gasteiger partial charge in [0.2, 0.25) is 0 Å². The molecule has 11 heteroatoms. The van der Waals surface area contributed by atoms with E-state index in [4.69, 9.17) is 10.5 Å². The number of methoxy groups -OCH3 is 1. The summed E-state index contributed by atoms with van der Waals surface area (Å²) in [6.45, 7) is 1.64. The third-order valence-electron chi connectivity index (χ3n) is 5.22. The van der Waals surface area contributed by atoms with E-state index in [9.17, 15) is 14.0 Å². The van der Waals surface area contributed by atoms with Gasteiger partial charge in [-0.25, -0.2) is 14.1 Å². The van der Waals surface area contributed by atoms with Crippen LogP contribution < -0.4 is 16.4 Å². The molecule has 1 aromatic carbocycles. The Bertz CT molecular complexity index is 1140. The molecule has 1 fully saturated rings. The van der Waals surface area contributed by atoms with E-state index in [1.807, 2.05) is 0 Å². The van der Waals surface area contributed by atoms with Crippen LogP contribution in [0.5, 0.6) is 0 Å². The van der Waals surface area contributed by atoms with Gasteiger partial charge in [-0.05, 0) is 37.5 Å². The number of ether oxygens (including phenoxy) is 1. The highest BCUT2D eigenvalue weighted by molar-refractivity contribution is 7.17. The molecule has 2 heterocycles. The van der Waals surface area contributed by atoms with Crippen molar-refractivity contribution in [3.8, 4) is 0 Å². The molecule has 4 N–H and O–H groups in total. The summed E-state index contributed by atoms with van der Waals surface area (Å²) in [6.07, 6.45) is 4.69. The standard InChI is InChI=1S/C20H21FN6O3S/c1-10-5-14(21)13(8-15(10)25-19(29)16-9-23-20(22)31-16)18(28)26-17-3-4-24-27(17)11-6-12(7-11)30-2/h3-5,8-9,11-12H,6-7H2,1-2H3,(H2,22,23)(H,25,29)(H,26,28)/t11-,12+. The van der Waals surface area contributed by atoms with E-state index in [2.05, 4.69) is 20.7 Å². The number of nitrogen functional groups attached to an aromatic ring is 1. The van der Waals surface area contributed by atoms with Crippen LogP contribution in [0.15, 0.2) is 30.6 Å². The summed E-state index contributed by atoms with van der Waals surface area (Å²) in [7, 11) is 1.66. The summed E-state index contributed by atoms with van der Waals surface area (Å²) in [4.78, 5) is 29.4. The van der Waals surface area contributed by atoms with Crippen LogP contribution in [0.3, 0.4) is 0 Å². The van der Waals surface area contributed by atoms with Crippen LogP contribution in [0.4, 0.5) is 21.0 Å². The Labute approximate surface area is 181 Å². The van der Waals surface area contributed by atoms with Gasteiger partial charge in [0, 0.05) is 18.9 Å². The molecule has 162 valence electrons. The van der Waals surface area contributed by atoms with Crippen LogP contribution in [0.1, 0.15) is 44.5 Å². The molecule has 31 heavy (non-hydrogen) atoms. The molecule has 0 bridgehead atoms. The largest absolute Gasteiger partial charge is 0.381 e. The number of nitrogens with two attached hydrogens (primary N) is 1. The van der Waals surface area contributed by atoms with Crippen LogP contribution in [0.25, 0.3) is 0 Å². The topological polar surface area (TPSA) is 124 Å². The van der Waals surface area contributed by atoms with E-state index in [0.29, 0.717) is 21.9 Å². The third kappa shape index (κ3) is 4.28. The summed E-state index contributed by atoms with van der Waals surface area (Å²) in [5.74, 6) is -1.30. The van der Waals surface area contributed by atoms with Crippen molar-refractivity contribution < 1.29 is 18.7 Å². The molecular formula is C20H21FN6O3S. The van der Waals surface area contributed by atoms with Gasteiger partial charge < -0.3 is 21.1 Å². The number of carbonyl (C=O) groups is 2. The van der Waals surface area contributed by atoms with Crippen molar-refractivity contribution in [2.75, 3.05) is 23.5 Å². The minimum Gasteiger partial charge on any atom is -0.381 e. The van der Waals surface area contributed by atoms with E-state index in [-0.39, 0.29) is 22.8 Å². The average molecular weight is 444 g/mol. The van der Waals surface area contributed by atoms with Crippen LogP contribution in [-0.4, -0.2) is 39.8 Å². The van der Waals surface area contributed by atoms with Crippen LogP contribution >= 0.6 is 11.3 Å². The summed E-state index contributed by atoms with van der Waals surface area (Å²) in [5, 5.41) is 9.91. The first kappa shape index (κ1) is 20.9. The lowest BCUT2D eigenvalue weighted by Crippen LogP contribution is -2.34. The van der Waals surface area contributed by atoms with Gasteiger partial charge in [-0.15, -0.1) is 0 Å². The summed E-state index contributed by atoms with van der Waals surface area (Å²) in [6, 6.07) is 4.28. The molecule has 0 saturated heterocycles. The van der Waals surface area contributed by atoms with E-state index in [1.165, 1.54) is 18.3 Å². The number of nitrogens with zero attached hydrogens (tertiary/aromatic N) is 3. The highest BCUT2D eigenvalue weighted by Gasteiger charge is 2.32. The van der Waals surface area contributed by atoms with Crippen LogP contribution in [0, 0.1) is 12.7 Å². The lowest BCUT2D eigenvalue weighted by molar-refractivity contribution is 0.00317. The molecule has 2 amide bonds. The Morgan fingerprint density at radius 1 is 1.29 bits per heavy atom. The first-order valence-corrected chi connectivity index (χ1v) is 10.4. The predicted molar refractivity (Wildman–Crippen MR) is 115 cm³/mol. The number of carbonyl (C=O) groups excluding carboxylic acids is 2. The van der Waals surface area contributed by atoms with Gasteiger partial charge >= 0.3 is 0 Å². The second-order valence-electron chi connectivity index (χ2n) is 7.26. The van der Waals surface area contributed by atoms with Crippen molar-refractivity contribution >= 4 is 39.8 Å². The maximum Gasteiger partial charge on any atom is 0.267 e. The van der Waals surface area contributed by atoms with Crippen molar-refractivity contribution in [2.45, 2.75) is 31.9 Å². The van der Waals surface area contributed by atoms with Crippen molar-refractivity contribution in [1.29, 1.82) is 0 Å². The zero-order chi connectivity index (χ0) is 22.1. The fourth-order valence-electron chi connectivity index (χ4n) is 3.38. The Morgan fingerprint density at radius 2 is 2.06 bits per heavy atom. The SMILES string of the molecule is CO[C@H]1C[C@@H](n2nccc2NC(=O)c2cc(NC(=O)c3cnc(N)s3)c(C)cc2F)C1. The van der Waals surface area contributed by atoms with Crippen molar-refractivity contribution in [1.82, 2.24) is 14.8 Å². The number of aryl methyl sites for hydroxylation is 1. The predicted octanol–water partition coefficient (Wildman–Crippen LogP) is 3.22. The van der Waals surface area contributed by atoms with Gasteiger partial charge in [0.15, 0.2) is 5.13 Å². The summed E-state index contributed by atoms with van der Waals surface area (Å²) >= 11 is 1.03. The number of benzene rings is 1. The van der Waals surface area contributed by atoms with Crippen molar-refractivity contribution in [3.05, 3.63) is 52.4 Å². The fraction of sp³-hybridized carbons (Fsp3) is 0.300. The number of rotatable bonds is 6. The second-order valence-corrected chi connectivity index (χ2v) is 8.32. The smallest absolute Gasteiger partial charge is 0.267 e. The molecule has 1 saturated carbocycles. The van der Waals surface area contributed by atoms with E-state index in [0.717, 1.165) is 24.2 Å². The zero-order valence-electron chi connectivity index (χ0n) is 16.9. The average Bonchev–Trinajstić information content (AvgIpc) is 3.32. The molecule has 0 atom stereocenters. The van der Waals surface area contributed by atoms with Gasteiger partial charge in [-0.2, -0.15) is 5.10 Å². The molecule has 4 rings (SSSR count). The Kier molecular flexibility index (Phi) is 5.70. The summed E-state index contributed by atoms with van der Waals surface area (Å²) < 4.78 is 21.6. The quantitative estimate of drug-likeness (QED) is 0.536. The maximum atomic E-state index is 14.6. The Hall–Kier alpha value is -3.31. The number of hydrogen-bond acceptors (Lipinski definition) is 7. The fourth-order valence-corrected chi connectivity index (χ4v) is 3.96. The molecule has 0 spiro atoms. The number of thiazole rings is 1. The normalized spacial score (nSPS) is 17.8. The van der Waals surface area contributed by atoms with E-state index < -0.39 is 17.6 Å². The van der Waals surface area contributed by atoms with Gasteiger partial charge in [0.25, 0.3) is 11.8 Å². The number of aromatic nitrogens is 3. The molecule has 0 aliphatic heterocycles. The molecule has 2 aromatic heterocycles. The number of hydrogen-bond donors (Lipinski definition) is 3. The molecular weight excluding hydrogens is 423 g/mol. The van der Waals surface area contributed by atoms with Crippen LogP contribution in [-0.2, 0) is 4.74 Å². The van der Waals surface area contributed by atoms with Gasteiger partial charge in [-0.3, -0.25) is 9.59 Å². The Morgan fingerprint density at radius 3 is 2.74 bits per heavy atom. The summed E-state index contributed by atoms with van der Waals surface area (Å²) in [5.41, 5.74) is 6.16. The minimum atomic E-state index is -0.691. The maximum absolute atomic E-state index is 14.6. The zero-order valence-corrected chi connectivity index (χ0v) is 17.7. The van der Waals surface area contributed by atoms with Gasteiger partial charge in [-0.1, -0.05) is 11.3 Å². The van der Waals surface area contributed by atoms with E-state index in [1.54, 1.807) is 31.0 Å². The minimum absolute atomic E-state index is 0.111. The lowest BCUT2D eigenvalue weighted by atomic mass is 9.89. The second kappa shape index (κ2) is 8.44.